The summed E-state index contributed by atoms with van der Waals surface area (Å²) in [5.41, 5.74) is 3.86. The topological polar surface area (TPSA) is 63.6 Å². The third kappa shape index (κ3) is 4.72. The molecule has 1 aromatic heterocycles. The maximum atomic E-state index is 11.7. The highest BCUT2D eigenvalue weighted by Crippen LogP contribution is 2.12. The van der Waals surface area contributed by atoms with Crippen LogP contribution in [-0.4, -0.2) is 23.2 Å². The molecule has 5 heteroatoms. The van der Waals surface area contributed by atoms with E-state index in [9.17, 15) is 4.79 Å². The van der Waals surface area contributed by atoms with Crippen LogP contribution in [0.5, 0.6) is 5.75 Å². The number of amides is 1. The molecule has 0 aliphatic heterocycles. The number of carbonyl (C=O) groups excluding carboxylic acids is 1. The number of pyridine rings is 1. The average Bonchev–Trinajstić information content (AvgIpc) is 2.49. The summed E-state index contributed by atoms with van der Waals surface area (Å²) in [4.78, 5) is 15.6. The summed E-state index contributed by atoms with van der Waals surface area (Å²) >= 11 is 0. The van der Waals surface area contributed by atoms with Crippen LogP contribution in [0.25, 0.3) is 0 Å². The van der Waals surface area contributed by atoms with E-state index in [4.69, 9.17) is 4.74 Å². The van der Waals surface area contributed by atoms with Crippen LogP contribution in [-0.2, 0) is 0 Å². The largest absolute Gasteiger partial charge is 0.491 e. The molecule has 5 nitrogen and oxygen atoms in total. The normalized spacial score (nSPS) is 10.8. The summed E-state index contributed by atoms with van der Waals surface area (Å²) in [6, 6.07) is 10.7. The van der Waals surface area contributed by atoms with Gasteiger partial charge in [0.1, 0.15) is 5.75 Å². The summed E-state index contributed by atoms with van der Waals surface area (Å²) in [5, 5.41) is 3.92. The Morgan fingerprint density at radius 2 is 1.86 bits per heavy atom. The molecule has 21 heavy (non-hydrogen) atoms. The van der Waals surface area contributed by atoms with Crippen LogP contribution in [0.15, 0.2) is 53.9 Å². The monoisotopic (exact) mass is 283 g/mol. The van der Waals surface area contributed by atoms with E-state index in [2.05, 4.69) is 15.5 Å². The van der Waals surface area contributed by atoms with Crippen molar-refractivity contribution >= 4 is 12.1 Å². The van der Waals surface area contributed by atoms with Gasteiger partial charge in [-0.2, -0.15) is 5.10 Å². The van der Waals surface area contributed by atoms with Gasteiger partial charge in [0.15, 0.2) is 0 Å². The Balaban J connectivity index is 1.91. The van der Waals surface area contributed by atoms with Crippen molar-refractivity contribution in [1.29, 1.82) is 0 Å². The lowest BCUT2D eigenvalue weighted by Crippen LogP contribution is -2.17. The van der Waals surface area contributed by atoms with Crippen molar-refractivity contribution in [1.82, 2.24) is 10.4 Å². The van der Waals surface area contributed by atoms with Crippen molar-refractivity contribution < 1.29 is 9.53 Å². The molecule has 0 unspecified atom stereocenters. The maximum Gasteiger partial charge on any atom is 0.271 e. The smallest absolute Gasteiger partial charge is 0.271 e. The Labute approximate surface area is 123 Å². The van der Waals surface area contributed by atoms with E-state index in [1.807, 2.05) is 38.1 Å². The fourth-order valence-corrected chi connectivity index (χ4v) is 1.64. The van der Waals surface area contributed by atoms with Crippen molar-refractivity contribution in [3.63, 3.8) is 0 Å². The first-order valence-electron chi connectivity index (χ1n) is 6.65. The Morgan fingerprint density at radius 1 is 1.19 bits per heavy atom. The molecule has 0 fully saturated rings. The summed E-state index contributed by atoms with van der Waals surface area (Å²) in [6.07, 6.45) is 4.85. The van der Waals surface area contributed by atoms with Gasteiger partial charge in [-0.05, 0) is 55.8 Å². The zero-order chi connectivity index (χ0) is 15.1. The van der Waals surface area contributed by atoms with Gasteiger partial charge in [0, 0.05) is 18.0 Å². The highest BCUT2D eigenvalue weighted by atomic mass is 16.5. The second kappa shape index (κ2) is 7.19. The van der Waals surface area contributed by atoms with Crippen LogP contribution in [0, 0.1) is 0 Å². The zero-order valence-electron chi connectivity index (χ0n) is 12.0. The molecule has 0 saturated heterocycles. The van der Waals surface area contributed by atoms with Gasteiger partial charge >= 0.3 is 0 Å². The predicted molar refractivity (Wildman–Crippen MR) is 81.5 cm³/mol. The Kier molecular flexibility index (Phi) is 5.04. The number of nitrogens with zero attached hydrogens (tertiary/aromatic N) is 2. The van der Waals surface area contributed by atoms with E-state index in [1.165, 1.54) is 0 Å². The van der Waals surface area contributed by atoms with Crippen molar-refractivity contribution in [2.24, 2.45) is 5.10 Å². The molecule has 1 aromatic carbocycles. The van der Waals surface area contributed by atoms with E-state index in [0.29, 0.717) is 5.56 Å². The van der Waals surface area contributed by atoms with Crippen molar-refractivity contribution in [3.05, 3.63) is 59.9 Å². The number of hydrogen-bond acceptors (Lipinski definition) is 4. The number of carbonyl (C=O) groups is 1. The van der Waals surface area contributed by atoms with E-state index >= 15 is 0 Å². The SMILES string of the molecule is CC(C)Oc1ccc(/C=N\NC(=O)c2ccncc2)cc1. The molecule has 2 rings (SSSR count). The van der Waals surface area contributed by atoms with Crippen LogP contribution in [0.2, 0.25) is 0 Å². The zero-order valence-corrected chi connectivity index (χ0v) is 12.0. The van der Waals surface area contributed by atoms with Crippen LogP contribution in [0.1, 0.15) is 29.8 Å². The molecule has 1 N–H and O–H groups in total. The quantitative estimate of drug-likeness (QED) is 0.677. The van der Waals surface area contributed by atoms with Crippen LogP contribution < -0.4 is 10.2 Å². The van der Waals surface area contributed by atoms with E-state index in [1.54, 1.807) is 30.7 Å². The van der Waals surface area contributed by atoms with Gasteiger partial charge in [0.25, 0.3) is 5.91 Å². The third-order valence-corrected chi connectivity index (χ3v) is 2.57. The van der Waals surface area contributed by atoms with Crippen molar-refractivity contribution in [3.8, 4) is 5.75 Å². The molecule has 0 spiro atoms. The fraction of sp³-hybridized carbons (Fsp3) is 0.188. The first-order valence-corrected chi connectivity index (χ1v) is 6.65. The van der Waals surface area contributed by atoms with Gasteiger partial charge in [0.2, 0.25) is 0 Å². The molecule has 1 amide bonds. The van der Waals surface area contributed by atoms with Gasteiger partial charge in [0.05, 0.1) is 12.3 Å². The summed E-state index contributed by atoms with van der Waals surface area (Å²) in [5.74, 6) is 0.538. The number of benzene rings is 1. The predicted octanol–water partition coefficient (Wildman–Crippen LogP) is 2.63. The fourth-order valence-electron chi connectivity index (χ4n) is 1.64. The van der Waals surface area contributed by atoms with Gasteiger partial charge in [-0.3, -0.25) is 9.78 Å². The lowest BCUT2D eigenvalue weighted by Gasteiger charge is -2.09. The average molecular weight is 283 g/mol. The summed E-state index contributed by atoms with van der Waals surface area (Å²) in [6.45, 7) is 3.95. The van der Waals surface area contributed by atoms with Crippen LogP contribution in [0.4, 0.5) is 0 Å². The number of rotatable bonds is 5. The van der Waals surface area contributed by atoms with Crippen LogP contribution in [0.3, 0.4) is 0 Å². The molecule has 1 heterocycles. The highest BCUT2D eigenvalue weighted by Gasteiger charge is 2.02. The van der Waals surface area contributed by atoms with Crippen LogP contribution >= 0.6 is 0 Å². The second-order valence-corrected chi connectivity index (χ2v) is 4.67. The van der Waals surface area contributed by atoms with Gasteiger partial charge < -0.3 is 4.74 Å². The summed E-state index contributed by atoms with van der Waals surface area (Å²) in [7, 11) is 0. The van der Waals surface area contributed by atoms with Crippen molar-refractivity contribution in [2.75, 3.05) is 0 Å². The standard InChI is InChI=1S/C16H17N3O2/c1-12(2)21-15-5-3-13(4-6-15)11-18-19-16(20)14-7-9-17-10-8-14/h3-12H,1-2H3,(H,19,20)/b18-11-. The molecule has 0 saturated carbocycles. The first kappa shape index (κ1) is 14.7. The molecule has 108 valence electrons. The minimum atomic E-state index is -0.270. The van der Waals surface area contributed by atoms with Gasteiger partial charge in [-0.25, -0.2) is 5.43 Å². The highest BCUT2D eigenvalue weighted by molar-refractivity contribution is 5.94. The summed E-state index contributed by atoms with van der Waals surface area (Å²) < 4.78 is 5.55. The first-order chi connectivity index (χ1) is 10.1. The molecular weight excluding hydrogens is 266 g/mol. The minimum absolute atomic E-state index is 0.143. The molecule has 0 aliphatic carbocycles. The van der Waals surface area contributed by atoms with E-state index in [0.717, 1.165) is 11.3 Å². The molecular formula is C16H17N3O2. The number of nitrogens with one attached hydrogen (secondary N) is 1. The maximum absolute atomic E-state index is 11.7. The third-order valence-electron chi connectivity index (χ3n) is 2.57. The number of hydrogen-bond donors (Lipinski definition) is 1. The van der Waals surface area contributed by atoms with E-state index < -0.39 is 0 Å². The number of aromatic nitrogens is 1. The van der Waals surface area contributed by atoms with Gasteiger partial charge in [-0.15, -0.1) is 0 Å². The molecule has 2 aromatic rings. The number of hydrazone groups is 1. The Morgan fingerprint density at radius 3 is 2.48 bits per heavy atom. The minimum Gasteiger partial charge on any atom is -0.491 e. The second-order valence-electron chi connectivity index (χ2n) is 4.67. The lowest BCUT2D eigenvalue weighted by atomic mass is 10.2. The van der Waals surface area contributed by atoms with Crippen molar-refractivity contribution in [2.45, 2.75) is 20.0 Å². The lowest BCUT2D eigenvalue weighted by molar-refractivity contribution is 0.0955. The molecule has 0 bridgehead atoms. The Hall–Kier alpha value is -2.69. The Bertz CT molecular complexity index is 607. The van der Waals surface area contributed by atoms with E-state index in [-0.39, 0.29) is 12.0 Å². The molecule has 0 aliphatic rings. The number of ether oxygens (including phenoxy) is 1. The molecule has 0 atom stereocenters. The van der Waals surface area contributed by atoms with Gasteiger partial charge in [-0.1, -0.05) is 0 Å². The molecule has 0 radical (unpaired) electrons.